The van der Waals surface area contributed by atoms with Crippen molar-refractivity contribution in [3.63, 3.8) is 0 Å². The van der Waals surface area contributed by atoms with Crippen molar-refractivity contribution < 1.29 is 14.4 Å². The van der Waals surface area contributed by atoms with E-state index in [0.29, 0.717) is 0 Å². The Kier molecular flexibility index (Phi) is 4.42. The van der Waals surface area contributed by atoms with Crippen LogP contribution in [-0.4, -0.2) is 9.79 Å². The normalized spacial score (nSPS) is 9.83. The minimum absolute atomic E-state index is 0. The Hall–Kier alpha value is 0.590. The third-order valence-corrected chi connectivity index (χ3v) is 0. The van der Waals surface area contributed by atoms with Gasteiger partial charge < -0.3 is 9.79 Å². The van der Waals surface area contributed by atoms with Crippen LogP contribution < -0.4 is 5.50 Å². The second-order valence-corrected chi connectivity index (χ2v) is 1.77. The van der Waals surface area contributed by atoms with Gasteiger partial charge in [-0.25, -0.2) is 10.1 Å². The molecule has 0 radical (unpaired) electrons. The van der Waals surface area contributed by atoms with E-state index in [2.05, 4.69) is 5.50 Å². The molecule has 0 saturated carbocycles. The van der Waals surface area contributed by atoms with Gasteiger partial charge in [0.1, 0.15) is 0 Å². The zero-order chi connectivity index (χ0) is 4.50. The highest BCUT2D eigenvalue weighted by molar-refractivity contribution is 8.93. The highest BCUT2D eigenvalue weighted by atomic mass is 79.9. The van der Waals surface area contributed by atoms with Crippen molar-refractivity contribution in [2.45, 2.75) is 0 Å². The standard InChI is InChI=1S/BrH.H4NO3P/c;1-5(2,3)4/h1H;(H4,1,2,3,4). The van der Waals surface area contributed by atoms with E-state index in [0.717, 1.165) is 0 Å². The summed E-state index contributed by atoms with van der Waals surface area (Å²) >= 11 is 0. The first-order valence-electron chi connectivity index (χ1n) is 0.841. The second kappa shape index (κ2) is 2.71. The molecule has 0 aromatic carbocycles. The van der Waals surface area contributed by atoms with Gasteiger partial charge in [-0.2, -0.15) is 0 Å². The summed E-state index contributed by atoms with van der Waals surface area (Å²) in [5.74, 6) is 0. The summed E-state index contributed by atoms with van der Waals surface area (Å²) in [6.45, 7) is 0. The van der Waals surface area contributed by atoms with Gasteiger partial charge in [-0.05, 0) is 0 Å². The van der Waals surface area contributed by atoms with E-state index in [1.54, 1.807) is 0 Å². The molecule has 0 rings (SSSR count). The summed E-state index contributed by atoms with van der Waals surface area (Å²) in [6, 6.07) is 0. The van der Waals surface area contributed by atoms with Crippen molar-refractivity contribution in [1.82, 2.24) is 0 Å². The third-order valence-electron chi connectivity index (χ3n) is 0. The van der Waals surface area contributed by atoms with Crippen LogP contribution in [0.5, 0.6) is 0 Å². The van der Waals surface area contributed by atoms with E-state index in [-0.39, 0.29) is 17.0 Å². The zero-order valence-corrected chi connectivity index (χ0v) is 5.34. The molecule has 0 aliphatic carbocycles. The molecule has 0 heterocycles. The lowest BCUT2D eigenvalue weighted by Gasteiger charge is -1.84. The van der Waals surface area contributed by atoms with Crippen LogP contribution in [0.15, 0.2) is 0 Å². The largest absolute Gasteiger partial charge is 0.397 e. The van der Waals surface area contributed by atoms with Crippen LogP contribution in [-0.2, 0) is 4.57 Å². The van der Waals surface area contributed by atoms with Crippen molar-refractivity contribution in [3.05, 3.63) is 0 Å². The van der Waals surface area contributed by atoms with Crippen LogP contribution in [0.25, 0.3) is 0 Å². The first-order chi connectivity index (χ1) is 2.00. The minimum atomic E-state index is -4.14. The van der Waals surface area contributed by atoms with E-state index < -0.39 is 7.75 Å². The molecule has 0 bridgehead atoms. The molecule has 0 fully saturated rings. The van der Waals surface area contributed by atoms with Gasteiger partial charge in [0.2, 0.25) is 0 Å². The van der Waals surface area contributed by atoms with Crippen LogP contribution in [0.2, 0.25) is 0 Å². The fraction of sp³-hybridized carbons (Fsp3) is 0. The van der Waals surface area contributed by atoms with Gasteiger partial charge in [0, 0.05) is 0 Å². The molecule has 40 valence electrons. The van der Waals surface area contributed by atoms with Crippen molar-refractivity contribution in [3.8, 4) is 0 Å². The lowest BCUT2D eigenvalue weighted by atomic mass is 13.9. The van der Waals surface area contributed by atoms with E-state index >= 15 is 0 Å². The average Bonchev–Trinajstić information content (AvgIpc) is 0.722. The lowest BCUT2D eigenvalue weighted by molar-refractivity contribution is 0.374. The number of hydrogen-bond donors (Lipinski definition) is 3. The second-order valence-electron chi connectivity index (χ2n) is 0.589. The summed E-state index contributed by atoms with van der Waals surface area (Å²) in [5.41, 5.74) is 4.02. The van der Waals surface area contributed by atoms with E-state index in [1.807, 2.05) is 0 Å². The maximum absolute atomic E-state index is 9.10. The van der Waals surface area contributed by atoms with Crippen molar-refractivity contribution in [2.24, 2.45) is 5.50 Å². The molecule has 0 spiro atoms. The molecule has 0 saturated heterocycles. The molecular weight excluding hydrogens is 173 g/mol. The smallest absolute Gasteiger partial charge is 0.313 e. The first-order valence-corrected chi connectivity index (χ1v) is 2.52. The molecule has 0 aromatic heterocycles. The summed E-state index contributed by atoms with van der Waals surface area (Å²) < 4.78 is 9.10. The molecule has 0 aromatic rings. The highest BCUT2D eigenvalue weighted by Crippen LogP contribution is 2.20. The summed E-state index contributed by atoms with van der Waals surface area (Å²) in [4.78, 5) is 14.8. The van der Waals surface area contributed by atoms with Crippen LogP contribution in [0.4, 0.5) is 0 Å². The van der Waals surface area contributed by atoms with E-state index in [4.69, 9.17) is 14.4 Å². The van der Waals surface area contributed by atoms with Gasteiger partial charge in [-0.15, -0.1) is 17.0 Å². The molecule has 0 unspecified atom stereocenters. The quantitative estimate of drug-likeness (QED) is 0.441. The zero-order valence-electron chi connectivity index (χ0n) is 2.74. The number of rotatable bonds is 0. The molecule has 6 heavy (non-hydrogen) atoms. The van der Waals surface area contributed by atoms with E-state index in [9.17, 15) is 0 Å². The van der Waals surface area contributed by atoms with Crippen LogP contribution >= 0.6 is 24.7 Å². The Bertz CT molecular complexity index is 56.9. The fourth-order valence-corrected chi connectivity index (χ4v) is 0. The fourth-order valence-electron chi connectivity index (χ4n) is 0. The molecule has 4 N–H and O–H groups in total. The Morgan fingerprint density at radius 1 is 1.50 bits per heavy atom. The average molecular weight is 178 g/mol. The predicted octanol–water partition coefficient (Wildman–Crippen LogP) is -0.384. The van der Waals surface area contributed by atoms with Gasteiger partial charge in [0.25, 0.3) is 0 Å². The van der Waals surface area contributed by atoms with Gasteiger partial charge in [0.05, 0.1) is 0 Å². The van der Waals surface area contributed by atoms with Gasteiger partial charge >= 0.3 is 7.75 Å². The molecule has 0 atom stereocenters. The van der Waals surface area contributed by atoms with Gasteiger partial charge in [0.15, 0.2) is 0 Å². The van der Waals surface area contributed by atoms with Gasteiger partial charge in [-0.1, -0.05) is 0 Å². The van der Waals surface area contributed by atoms with Crippen LogP contribution in [0, 0.1) is 0 Å². The Balaban J connectivity index is 0. The van der Waals surface area contributed by atoms with Crippen LogP contribution in [0.3, 0.4) is 0 Å². The Labute approximate surface area is 45.3 Å². The molecule has 0 aliphatic heterocycles. The minimum Gasteiger partial charge on any atom is -0.313 e. The Morgan fingerprint density at radius 3 is 1.50 bits per heavy atom. The predicted molar refractivity (Wildman–Crippen MR) is 26.6 cm³/mol. The van der Waals surface area contributed by atoms with Crippen molar-refractivity contribution >= 4 is 24.7 Å². The molecule has 6 heteroatoms. The van der Waals surface area contributed by atoms with E-state index in [1.165, 1.54) is 0 Å². The highest BCUT2D eigenvalue weighted by Gasteiger charge is 1.96. The maximum atomic E-state index is 9.10. The summed E-state index contributed by atoms with van der Waals surface area (Å²) in [6.07, 6.45) is 0. The summed E-state index contributed by atoms with van der Waals surface area (Å²) in [7, 11) is -4.14. The molecule has 0 aliphatic rings. The third kappa shape index (κ3) is 170. The molecular formula is H5BrNO3P. The summed E-state index contributed by atoms with van der Waals surface area (Å²) in [5, 5.41) is 0. The van der Waals surface area contributed by atoms with Gasteiger partial charge in [-0.3, -0.25) is 0 Å². The van der Waals surface area contributed by atoms with Crippen molar-refractivity contribution in [2.75, 3.05) is 0 Å². The first kappa shape index (κ1) is 9.77. The topological polar surface area (TPSA) is 83.6 Å². The number of nitrogens with two attached hydrogens (primary N) is 1. The molecule has 4 nitrogen and oxygen atoms in total. The van der Waals surface area contributed by atoms with Crippen LogP contribution in [0.1, 0.15) is 0 Å². The molecule has 0 amide bonds. The lowest BCUT2D eigenvalue weighted by Crippen LogP contribution is -1.87. The number of halogens is 1. The number of hydrogen-bond acceptors (Lipinski definition) is 1. The monoisotopic (exact) mass is 177 g/mol. The SMILES string of the molecule is Br.NP(=O)(O)O. The van der Waals surface area contributed by atoms with Crippen molar-refractivity contribution in [1.29, 1.82) is 0 Å². The Morgan fingerprint density at radius 2 is 1.50 bits per heavy atom. The maximum Gasteiger partial charge on any atom is 0.397 e.